The number of likely N-dealkylation sites (tertiary alicyclic amines) is 1. The van der Waals surface area contributed by atoms with Crippen molar-refractivity contribution in [2.24, 2.45) is 0 Å². The molecule has 2 aromatic carbocycles. The first-order chi connectivity index (χ1) is 11.7. The van der Waals surface area contributed by atoms with Gasteiger partial charge >= 0.3 is 0 Å². The minimum atomic E-state index is 0.00789. The average molecular weight is 321 g/mol. The molecule has 0 saturated carbocycles. The Balaban J connectivity index is 1.53. The van der Waals surface area contributed by atoms with Gasteiger partial charge in [0.1, 0.15) is 0 Å². The molecule has 1 fully saturated rings. The molecule has 0 aromatic heterocycles. The van der Waals surface area contributed by atoms with E-state index in [0.717, 1.165) is 36.9 Å². The molecule has 0 unspecified atom stereocenters. The minimum Gasteiger partial charge on any atom is -0.343 e. The summed E-state index contributed by atoms with van der Waals surface area (Å²) in [5.41, 5.74) is 1.00. The average Bonchev–Trinajstić information content (AvgIpc) is 2.65. The molecule has 0 radical (unpaired) electrons. The molecule has 1 amide bonds. The highest BCUT2D eigenvalue weighted by molar-refractivity contribution is 5.96. The summed E-state index contributed by atoms with van der Waals surface area (Å²) in [6.07, 6.45) is 7.41. The predicted octanol–water partition coefficient (Wildman–Crippen LogP) is 4.21. The molecule has 2 aromatic rings. The first-order valence-electron chi connectivity index (χ1n) is 8.70. The number of nitrogens with zero attached hydrogens (tertiary/aromatic N) is 1. The monoisotopic (exact) mass is 321 g/mol. The van der Waals surface area contributed by atoms with Crippen LogP contribution in [0.3, 0.4) is 0 Å². The third kappa shape index (κ3) is 4.31. The second-order valence-corrected chi connectivity index (χ2v) is 6.35. The van der Waals surface area contributed by atoms with Crippen LogP contribution < -0.4 is 0 Å². The highest BCUT2D eigenvalue weighted by atomic mass is 16.2. The van der Waals surface area contributed by atoms with Crippen LogP contribution in [0, 0.1) is 0 Å². The lowest BCUT2D eigenvalue weighted by Crippen LogP contribution is -2.35. The molecule has 0 spiro atoms. The smallest absolute Gasteiger partial charge is 0.223 e. The van der Waals surface area contributed by atoms with Crippen molar-refractivity contribution in [1.82, 2.24) is 4.90 Å². The Bertz CT molecular complexity index is 757. The molecule has 24 heavy (non-hydrogen) atoms. The second-order valence-electron chi connectivity index (χ2n) is 6.35. The Labute approximate surface area is 143 Å². The van der Waals surface area contributed by atoms with Crippen molar-refractivity contribution in [2.75, 3.05) is 13.1 Å². The number of piperidine rings is 1. The minimum absolute atomic E-state index is 0.00789. The number of benzene rings is 2. The summed E-state index contributed by atoms with van der Waals surface area (Å²) in [6.45, 7) is 1.69. The van der Waals surface area contributed by atoms with Crippen molar-refractivity contribution in [3.8, 4) is 0 Å². The van der Waals surface area contributed by atoms with Gasteiger partial charge in [-0.3, -0.25) is 9.59 Å². The van der Waals surface area contributed by atoms with Gasteiger partial charge in [0.15, 0.2) is 5.78 Å². The van der Waals surface area contributed by atoms with Gasteiger partial charge in [-0.25, -0.2) is 0 Å². The van der Waals surface area contributed by atoms with Crippen LogP contribution in [0.5, 0.6) is 0 Å². The standard InChI is InChI=1S/C21H23NO2/c23-20(12-13-21(24)22-14-4-1-5-15-22)11-9-17-8-10-18-6-2-3-7-19(18)16-17/h2-3,6-11,16H,1,4-5,12-15H2/b11-9+. The number of amides is 1. The zero-order valence-electron chi connectivity index (χ0n) is 13.9. The fourth-order valence-corrected chi connectivity index (χ4v) is 3.12. The van der Waals surface area contributed by atoms with Crippen LogP contribution in [-0.4, -0.2) is 29.7 Å². The van der Waals surface area contributed by atoms with Gasteiger partial charge in [0.25, 0.3) is 0 Å². The maximum absolute atomic E-state index is 12.1. The van der Waals surface area contributed by atoms with E-state index in [1.54, 1.807) is 6.08 Å². The Morgan fingerprint density at radius 1 is 0.917 bits per heavy atom. The van der Waals surface area contributed by atoms with Crippen LogP contribution in [-0.2, 0) is 9.59 Å². The molecule has 3 rings (SSSR count). The van der Waals surface area contributed by atoms with Crippen LogP contribution in [0.2, 0.25) is 0 Å². The molecule has 0 atom stereocenters. The van der Waals surface area contributed by atoms with Gasteiger partial charge in [0.05, 0.1) is 0 Å². The Morgan fingerprint density at radius 2 is 1.67 bits per heavy atom. The highest BCUT2D eigenvalue weighted by Crippen LogP contribution is 2.16. The van der Waals surface area contributed by atoms with Crippen molar-refractivity contribution < 1.29 is 9.59 Å². The van der Waals surface area contributed by atoms with E-state index < -0.39 is 0 Å². The third-order valence-electron chi connectivity index (χ3n) is 4.53. The lowest BCUT2D eigenvalue weighted by molar-refractivity contribution is -0.133. The van der Waals surface area contributed by atoms with Gasteiger partial charge in [0, 0.05) is 25.9 Å². The van der Waals surface area contributed by atoms with Crippen molar-refractivity contribution in [2.45, 2.75) is 32.1 Å². The zero-order valence-corrected chi connectivity index (χ0v) is 13.9. The Morgan fingerprint density at radius 3 is 2.46 bits per heavy atom. The van der Waals surface area contributed by atoms with Crippen LogP contribution in [0.1, 0.15) is 37.7 Å². The van der Waals surface area contributed by atoms with E-state index in [2.05, 4.69) is 24.3 Å². The third-order valence-corrected chi connectivity index (χ3v) is 4.53. The quantitative estimate of drug-likeness (QED) is 0.773. The number of hydrogen-bond donors (Lipinski definition) is 0. The van der Waals surface area contributed by atoms with Crippen molar-refractivity contribution >= 4 is 28.5 Å². The number of carbonyl (C=O) groups excluding carboxylic acids is 2. The van der Waals surface area contributed by atoms with Gasteiger partial charge in [-0.1, -0.05) is 42.5 Å². The largest absolute Gasteiger partial charge is 0.343 e. The first-order valence-corrected chi connectivity index (χ1v) is 8.70. The zero-order chi connectivity index (χ0) is 16.8. The maximum Gasteiger partial charge on any atom is 0.223 e. The van der Waals surface area contributed by atoms with E-state index >= 15 is 0 Å². The number of fused-ring (bicyclic) bond motifs is 1. The number of carbonyl (C=O) groups is 2. The summed E-state index contributed by atoms with van der Waals surface area (Å²) in [5.74, 6) is 0.121. The van der Waals surface area contributed by atoms with E-state index in [0.29, 0.717) is 12.8 Å². The van der Waals surface area contributed by atoms with E-state index in [1.165, 1.54) is 11.8 Å². The fourth-order valence-electron chi connectivity index (χ4n) is 3.12. The summed E-state index contributed by atoms with van der Waals surface area (Å²) < 4.78 is 0. The number of ketones is 1. The van der Waals surface area contributed by atoms with Gasteiger partial charge in [-0.2, -0.15) is 0 Å². The SMILES string of the molecule is O=C(/C=C/c1ccc2ccccc2c1)CCC(=O)N1CCCCC1. The summed E-state index contributed by atoms with van der Waals surface area (Å²) in [5, 5.41) is 2.35. The molecule has 1 aliphatic rings. The number of rotatable bonds is 5. The summed E-state index contributed by atoms with van der Waals surface area (Å²) in [7, 11) is 0. The molecule has 3 heteroatoms. The predicted molar refractivity (Wildman–Crippen MR) is 97.7 cm³/mol. The molecule has 0 aliphatic carbocycles. The summed E-state index contributed by atoms with van der Waals surface area (Å²) >= 11 is 0. The molecule has 124 valence electrons. The number of hydrogen-bond acceptors (Lipinski definition) is 2. The fraction of sp³-hybridized carbons (Fsp3) is 0.333. The van der Waals surface area contributed by atoms with Crippen LogP contribution in [0.25, 0.3) is 16.8 Å². The second kappa shape index (κ2) is 7.91. The maximum atomic E-state index is 12.1. The molecule has 3 nitrogen and oxygen atoms in total. The summed E-state index contributed by atoms with van der Waals surface area (Å²) in [6, 6.07) is 14.3. The van der Waals surface area contributed by atoms with Gasteiger partial charge < -0.3 is 4.90 Å². The molecular formula is C21H23NO2. The first kappa shape index (κ1) is 16.4. The van der Waals surface area contributed by atoms with Gasteiger partial charge in [-0.05, 0) is 47.7 Å². The van der Waals surface area contributed by atoms with Crippen LogP contribution in [0.15, 0.2) is 48.5 Å². The molecule has 0 bridgehead atoms. The molecule has 0 N–H and O–H groups in total. The normalized spacial score (nSPS) is 15.1. The molecule has 1 heterocycles. The molecule has 1 saturated heterocycles. The topological polar surface area (TPSA) is 37.4 Å². The highest BCUT2D eigenvalue weighted by Gasteiger charge is 2.16. The molecule has 1 aliphatic heterocycles. The van der Waals surface area contributed by atoms with Gasteiger partial charge in [0.2, 0.25) is 5.91 Å². The van der Waals surface area contributed by atoms with Crippen molar-refractivity contribution in [1.29, 1.82) is 0 Å². The van der Waals surface area contributed by atoms with Crippen molar-refractivity contribution in [3.63, 3.8) is 0 Å². The van der Waals surface area contributed by atoms with E-state index in [1.807, 2.05) is 29.2 Å². The van der Waals surface area contributed by atoms with E-state index in [9.17, 15) is 9.59 Å². The number of allylic oxidation sites excluding steroid dienone is 1. The van der Waals surface area contributed by atoms with E-state index in [4.69, 9.17) is 0 Å². The lowest BCUT2D eigenvalue weighted by atomic mass is 10.1. The lowest BCUT2D eigenvalue weighted by Gasteiger charge is -2.26. The van der Waals surface area contributed by atoms with Crippen LogP contribution >= 0.6 is 0 Å². The van der Waals surface area contributed by atoms with E-state index in [-0.39, 0.29) is 11.7 Å². The molecular weight excluding hydrogens is 298 g/mol. The van der Waals surface area contributed by atoms with Crippen LogP contribution in [0.4, 0.5) is 0 Å². The summed E-state index contributed by atoms with van der Waals surface area (Å²) in [4.78, 5) is 26.0. The Hall–Kier alpha value is -2.42. The Kier molecular flexibility index (Phi) is 5.42. The van der Waals surface area contributed by atoms with Gasteiger partial charge in [-0.15, -0.1) is 0 Å². The van der Waals surface area contributed by atoms with Crippen molar-refractivity contribution in [3.05, 3.63) is 54.1 Å².